The largest absolute Gasteiger partial charge is 0.398 e. The maximum atomic E-state index is 12.6. The minimum absolute atomic E-state index is 0.0977. The Morgan fingerprint density at radius 1 is 1.20 bits per heavy atom. The Labute approximate surface area is 117 Å². The van der Waals surface area contributed by atoms with E-state index >= 15 is 0 Å². The summed E-state index contributed by atoms with van der Waals surface area (Å²) in [4.78, 5) is 14.3. The van der Waals surface area contributed by atoms with Gasteiger partial charge in [0.1, 0.15) is 0 Å². The molecule has 0 spiro atoms. The average molecular weight is 263 g/mol. The molecule has 0 atom stereocenters. The van der Waals surface area contributed by atoms with Crippen LogP contribution in [0, 0.1) is 11.3 Å². The predicted molar refractivity (Wildman–Crippen MR) is 77.4 cm³/mol. The second-order valence-corrected chi connectivity index (χ2v) is 4.75. The van der Waals surface area contributed by atoms with Crippen molar-refractivity contribution in [3.8, 4) is 6.07 Å². The number of anilines is 2. The first-order valence-electron chi connectivity index (χ1n) is 6.40. The fourth-order valence-electron chi connectivity index (χ4n) is 2.55. The number of nitriles is 1. The van der Waals surface area contributed by atoms with E-state index in [9.17, 15) is 4.79 Å². The van der Waals surface area contributed by atoms with E-state index in [1.54, 1.807) is 29.2 Å². The van der Waals surface area contributed by atoms with Crippen LogP contribution in [0.1, 0.15) is 21.5 Å². The summed E-state index contributed by atoms with van der Waals surface area (Å²) in [6.07, 6.45) is 0.767. The first-order valence-corrected chi connectivity index (χ1v) is 6.40. The van der Waals surface area contributed by atoms with Crippen molar-refractivity contribution in [2.45, 2.75) is 6.42 Å². The van der Waals surface area contributed by atoms with E-state index in [0.717, 1.165) is 17.7 Å². The lowest BCUT2D eigenvalue weighted by Gasteiger charge is -2.29. The average Bonchev–Trinajstić information content (AvgIpc) is 2.47. The van der Waals surface area contributed by atoms with E-state index in [2.05, 4.69) is 6.07 Å². The minimum atomic E-state index is -0.0977. The van der Waals surface area contributed by atoms with Gasteiger partial charge in [0.05, 0.1) is 17.2 Å². The molecule has 2 aromatic carbocycles. The summed E-state index contributed by atoms with van der Waals surface area (Å²) in [5.41, 5.74) is 9.29. The predicted octanol–water partition coefficient (Wildman–Crippen LogP) is 2.34. The highest BCUT2D eigenvalue weighted by atomic mass is 16.2. The highest BCUT2D eigenvalue weighted by Crippen LogP contribution is 2.28. The third-order valence-electron chi connectivity index (χ3n) is 3.53. The van der Waals surface area contributed by atoms with Gasteiger partial charge in [-0.3, -0.25) is 4.79 Å². The van der Waals surface area contributed by atoms with Crippen molar-refractivity contribution >= 4 is 17.3 Å². The summed E-state index contributed by atoms with van der Waals surface area (Å²) in [5.74, 6) is -0.0977. The van der Waals surface area contributed by atoms with Crippen LogP contribution < -0.4 is 10.6 Å². The normalized spacial score (nSPS) is 13.8. The minimum Gasteiger partial charge on any atom is -0.398 e. The topological polar surface area (TPSA) is 70.1 Å². The summed E-state index contributed by atoms with van der Waals surface area (Å²) in [5, 5.41) is 8.95. The highest BCUT2D eigenvalue weighted by molar-refractivity contribution is 6.11. The van der Waals surface area contributed by atoms with Crippen molar-refractivity contribution < 1.29 is 4.79 Å². The fourth-order valence-corrected chi connectivity index (χ4v) is 2.55. The molecule has 4 heteroatoms. The van der Waals surface area contributed by atoms with Gasteiger partial charge < -0.3 is 10.6 Å². The zero-order valence-corrected chi connectivity index (χ0v) is 10.8. The first-order chi connectivity index (χ1) is 9.70. The molecule has 0 radical (unpaired) electrons. The Bertz CT molecular complexity index is 731. The standard InChI is InChI=1S/C16H13N3O/c17-10-11-3-1-5-13(9-11)19-8-7-12-4-2-6-14(18)15(12)16(19)20/h1-6,9H,7-8,18H2. The van der Waals surface area contributed by atoms with Gasteiger partial charge in [0.2, 0.25) is 0 Å². The number of fused-ring (bicyclic) bond motifs is 1. The van der Waals surface area contributed by atoms with Gasteiger partial charge in [-0.05, 0) is 36.2 Å². The summed E-state index contributed by atoms with van der Waals surface area (Å²) in [7, 11) is 0. The molecule has 1 heterocycles. The van der Waals surface area contributed by atoms with Crippen LogP contribution in [0.5, 0.6) is 0 Å². The second kappa shape index (κ2) is 4.71. The summed E-state index contributed by atoms with van der Waals surface area (Å²) < 4.78 is 0. The van der Waals surface area contributed by atoms with E-state index in [4.69, 9.17) is 11.0 Å². The number of benzene rings is 2. The van der Waals surface area contributed by atoms with Crippen molar-refractivity contribution in [1.82, 2.24) is 0 Å². The molecule has 0 unspecified atom stereocenters. The lowest BCUT2D eigenvalue weighted by Crippen LogP contribution is -2.38. The van der Waals surface area contributed by atoms with Crippen LogP contribution >= 0.6 is 0 Å². The highest BCUT2D eigenvalue weighted by Gasteiger charge is 2.27. The first kappa shape index (κ1) is 12.2. The SMILES string of the molecule is N#Cc1cccc(N2CCc3cccc(N)c3C2=O)c1. The molecule has 0 saturated carbocycles. The van der Waals surface area contributed by atoms with Gasteiger partial charge in [-0.2, -0.15) is 5.26 Å². The smallest absolute Gasteiger partial charge is 0.260 e. The van der Waals surface area contributed by atoms with Crippen molar-refractivity contribution in [2.24, 2.45) is 0 Å². The quantitative estimate of drug-likeness (QED) is 0.803. The van der Waals surface area contributed by atoms with Gasteiger partial charge in [0.25, 0.3) is 5.91 Å². The Morgan fingerprint density at radius 3 is 2.80 bits per heavy atom. The molecule has 3 rings (SSSR count). The maximum Gasteiger partial charge on any atom is 0.260 e. The molecule has 1 aliphatic heterocycles. The lowest BCUT2D eigenvalue weighted by atomic mass is 9.97. The summed E-state index contributed by atoms with van der Waals surface area (Å²) in [6, 6.07) is 14.7. The maximum absolute atomic E-state index is 12.6. The number of amides is 1. The molecule has 0 fully saturated rings. The third-order valence-corrected chi connectivity index (χ3v) is 3.53. The second-order valence-electron chi connectivity index (χ2n) is 4.75. The molecule has 0 aliphatic carbocycles. The Morgan fingerprint density at radius 2 is 2.00 bits per heavy atom. The van der Waals surface area contributed by atoms with Crippen LogP contribution in [0.25, 0.3) is 0 Å². The number of nitrogens with two attached hydrogens (primary N) is 1. The lowest BCUT2D eigenvalue weighted by molar-refractivity contribution is 0.0981. The summed E-state index contributed by atoms with van der Waals surface area (Å²) in [6.45, 7) is 0.601. The molecule has 0 aromatic heterocycles. The fraction of sp³-hybridized carbons (Fsp3) is 0.125. The molecule has 98 valence electrons. The van der Waals surface area contributed by atoms with Crippen molar-refractivity contribution in [2.75, 3.05) is 17.2 Å². The molecule has 20 heavy (non-hydrogen) atoms. The van der Waals surface area contributed by atoms with E-state index in [1.807, 2.05) is 18.2 Å². The molecule has 2 N–H and O–H groups in total. The number of rotatable bonds is 1. The molecular formula is C16H13N3O. The van der Waals surface area contributed by atoms with Crippen molar-refractivity contribution in [3.05, 3.63) is 59.2 Å². The zero-order valence-electron chi connectivity index (χ0n) is 10.8. The number of nitrogen functional groups attached to an aromatic ring is 1. The van der Waals surface area contributed by atoms with Crippen LogP contribution in [0.3, 0.4) is 0 Å². The Balaban J connectivity index is 2.04. The van der Waals surface area contributed by atoms with Crippen LogP contribution in [-0.4, -0.2) is 12.5 Å². The molecule has 0 saturated heterocycles. The van der Waals surface area contributed by atoms with Crippen LogP contribution in [-0.2, 0) is 6.42 Å². The number of carbonyl (C=O) groups is 1. The number of hydrogen-bond acceptors (Lipinski definition) is 3. The van der Waals surface area contributed by atoms with Crippen LogP contribution in [0.4, 0.5) is 11.4 Å². The van der Waals surface area contributed by atoms with E-state index < -0.39 is 0 Å². The van der Waals surface area contributed by atoms with Crippen molar-refractivity contribution in [3.63, 3.8) is 0 Å². The molecule has 2 aromatic rings. The van der Waals surface area contributed by atoms with Gasteiger partial charge in [-0.25, -0.2) is 0 Å². The number of nitrogens with zero attached hydrogens (tertiary/aromatic N) is 2. The number of carbonyl (C=O) groups excluding carboxylic acids is 1. The van der Waals surface area contributed by atoms with Gasteiger partial charge in [0, 0.05) is 17.9 Å². The van der Waals surface area contributed by atoms with Gasteiger partial charge in [-0.15, -0.1) is 0 Å². The van der Waals surface area contributed by atoms with E-state index in [0.29, 0.717) is 23.4 Å². The van der Waals surface area contributed by atoms with Crippen molar-refractivity contribution in [1.29, 1.82) is 5.26 Å². The van der Waals surface area contributed by atoms with Gasteiger partial charge in [0.15, 0.2) is 0 Å². The van der Waals surface area contributed by atoms with Crippen LogP contribution in [0.15, 0.2) is 42.5 Å². The third kappa shape index (κ3) is 1.90. The van der Waals surface area contributed by atoms with Crippen LogP contribution in [0.2, 0.25) is 0 Å². The monoisotopic (exact) mass is 263 g/mol. The summed E-state index contributed by atoms with van der Waals surface area (Å²) >= 11 is 0. The molecule has 1 aliphatic rings. The number of hydrogen-bond donors (Lipinski definition) is 1. The van der Waals surface area contributed by atoms with Gasteiger partial charge in [-0.1, -0.05) is 18.2 Å². The van der Waals surface area contributed by atoms with E-state index in [1.165, 1.54) is 0 Å². The molecule has 1 amide bonds. The van der Waals surface area contributed by atoms with E-state index in [-0.39, 0.29) is 5.91 Å². The Hall–Kier alpha value is -2.80. The Kier molecular flexibility index (Phi) is 2.88. The van der Waals surface area contributed by atoms with Gasteiger partial charge >= 0.3 is 0 Å². The molecular weight excluding hydrogens is 250 g/mol. The zero-order chi connectivity index (χ0) is 14.1. The molecule has 4 nitrogen and oxygen atoms in total. The molecule has 0 bridgehead atoms.